The molecule has 1 aliphatic rings. The van der Waals surface area contributed by atoms with E-state index < -0.39 is 0 Å². The van der Waals surface area contributed by atoms with E-state index in [9.17, 15) is 9.59 Å². The van der Waals surface area contributed by atoms with Gasteiger partial charge in [-0.3, -0.25) is 14.6 Å². The van der Waals surface area contributed by atoms with Gasteiger partial charge < -0.3 is 9.80 Å². The Kier molecular flexibility index (Phi) is 5.28. The van der Waals surface area contributed by atoms with Gasteiger partial charge in [0.15, 0.2) is 0 Å². The zero-order valence-electron chi connectivity index (χ0n) is 17.1. The first-order valence-electron chi connectivity index (χ1n) is 10.2. The smallest absolute Gasteiger partial charge is 0.292 e. The first kappa shape index (κ1) is 20.1. The lowest BCUT2D eigenvalue weighted by Crippen LogP contribution is -2.49. The molecular formula is C23H19ClN6O2. The maximum Gasteiger partial charge on any atom is 0.292 e. The van der Waals surface area contributed by atoms with Crippen LogP contribution in [0.2, 0.25) is 5.02 Å². The molecule has 0 spiro atoms. The van der Waals surface area contributed by atoms with Crippen molar-refractivity contribution in [2.24, 2.45) is 0 Å². The van der Waals surface area contributed by atoms with Crippen LogP contribution < -0.4 is 10.5 Å². The fourth-order valence-electron chi connectivity index (χ4n) is 3.77. The number of rotatable bonds is 3. The second kappa shape index (κ2) is 8.39. The van der Waals surface area contributed by atoms with E-state index >= 15 is 0 Å². The van der Waals surface area contributed by atoms with Crippen LogP contribution in [-0.4, -0.2) is 56.7 Å². The number of para-hydroxylation sites is 3. The summed E-state index contributed by atoms with van der Waals surface area (Å²) in [4.78, 5) is 38.2. The van der Waals surface area contributed by atoms with E-state index in [2.05, 4.69) is 15.1 Å². The number of anilines is 1. The number of hydrogen-bond acceptors (Lipinski definition) is 6. The monoisotopic (exact) mass is 446 g/mol. The van der Waals surface area contributed by atoms with Crippen molar-refractivity contribution in [2.75, 3.05) is 31.1 Å². The maximum absolute atomic E-state index is 12.9. The zero-order chi connectivity index (χ0) is 22.1. The van der Waals surface area contributed by atoms with Crippen LogP contribution in [0.15, 0.2) is 71.8 Å². The van der Waals surface area contributed by atoms with Gasteiger partial charge in [-0.1, -0.05) is 41.9 Å². The fraction of sp³-hybridized carbons (Fsp3) is 0.174. The minimum atomic E-state index is -0.375. The maximum atomic E-state index is 12.9. The van der Waals surface area contributed by atoms with Gasteiger partial charge in [-0.25, -0.2) is 4.98 Å². The van der Waals surface area contributed by atoms with Crippen LogP contribution in [0, 0.1) is 0 Å². The van der Waals surface area contributed by atoms with E-state index in [1.165, 1.54) is 10.9 Å². The number of amides is 1. The minimum absolute atomic E-state index is 0.115. The molecular weight excluding hydrogens is 428 g/mol. The Morgan fingerprint density at radius 2 is 1.56 bits per heavy atom. The third-order valence-electron chi connectivity index (χ3n) is 5.48. The van der Waals surface area contributed by atoms with Gasteiger partial charge in [-0.15, -0.1) is 0 Å². The summed E-state index contributed by atoms with van der Waals surface area (Å²) in [7, 11) is 0. The molecule has 0 atom stereocenters. The highest BCUT2D eigenvalue weighted by Gasteiger charge is 2.25. The number of carbonyl (C=O) groups excluding carboxylic acids is 1. The van der Waals surface area contributed by atoms with Crippen LogP contribution >= 0.6 is 11.6 Å². The van der Waals surface area contributed by atoms with Crippen LogP contribution in [0.25, 0.3) is 16.7 Å². The molecule has 2 aromatic carbocycles. The molecule has 1 saturated heterocycles. The first-order chi connectivity index (χ1) is 15.6. The molecule has 0 radical (unpaired) electrons. The van der Waals surface area contributed by atoms with Crippen LogP contribution in [-0.2, 0) is 0 Å². The molecule has 4 aromatic rings. The summed E-state index contributed by atoms with van der Waals surface area (Å²) in [5.74, 6) is -0.161. The van der Waals surface area contributed by atoms with Crippen LogP contribution in [0.3, 0.4) is 0 Å². The number of nitrogens with zero attached hydrogens (tertiary/aromatic N) is 6. The lowest BCUT2D eigenvalue weighted by molar-refractivity contribution is 0.0741. The molecule has 0 aliphatic carbocycles. The SMILES string of the molecule is O=C(c1cnc2ccccc2n1)N1CCN(c2cnn(-c3ccccc3)c(=O)c2Cl)CC1. The van der Waals surface area contributed by atoms with Gasteiger partial charge >= 0.3 is 0 Å². The average molecular weight is 447 g/mol. The standard InChI is InChI=1S/C23H19ClN6O2/c24-21-20(15-26-30(23(21)32)16-6-2-1-3-7-16)28-10-12-29(13-11-28)22(31)19-14-25-17-8-4-5-9-18(17)27-19/h1-9,14-15H,10-13H2. The minimum Gasteiger partial charge on any atom is -0.365 e. The molecule has 8 nitrogen and oxygen atoms in total. The Bertz CT molecular complexity index is 1350. The van der Waals surface area contributed by atoms with E-state index in [0.717, 1.165) is 5.52 Å². The summed E-state index contributed by atoms with van der Waals surface area (Å²) in [5, 5.41) is 4.41. The van der Waals surface area contributed by atoms with Crippen molar-refractivity contribution < 1.29 is 4.79 Å². The van der Waals surface area contributed by atoms with Crippen LogP contribution in [0.4, 0.5) is 5.69 Å². The van der Waals surface area contributed by atoms with Crippen molar-refractivity contribution in [3.8, 4) is 5.69 Å². The van der Waals surface area contributed by atoms with Gasteiger partial charge in [-0.05, 0) is 24.3 Å². The van der Waals surface area contributed by atoms with Crippen molar-refractivity contribution in [3.05, 3.63) is 88.1 Å². The number of fused-ring (bicyclic) bond motifs is 1. The van der Waals surface area contributed by atoms with Gasteiger partial charge in [0, 0.05) is 26.2 Å². The van der Waals surface area contributed by atoms with E-state index in [4.69, 9.17) is 11.6 Å². The Labute approximate surface area is 188 Å². The molecule has 2 aromatic heterocycles. The number of halogens is 1. The number of aromatic nitrogens is 4. The Morgan fingerprint density at radius 3 is 2.31 bits per heavy atom. The number of piperazine rings is 1. The highest BCUT2D eigenvalue weighted by atomic mass is 35.5. The second-order valence-corrected chi connectivity index (χ2v) is 7.80. The zero-order valence-corrected chi connectivity index (χ0v) is 17.8. The number of benzene rings is 2. The molecule has 1 amide bonds. The molecule has 3 heterocycles. The summed E-state index contributed by atoms with van der Waals surface area (Å²) in [6.45, 7) is 2.02. The summed E-state index contributed by atoms with van der Waals surface area (Å²) >= 11 is 6.42. The predicted molar refractivity (Wildman–Crippen MR) is 122 cm³/mol. The number of carbonyl (C=O) groups is 1. The molecule has 9 heteroatoms. The van der Waals surface area contributed by atoms with Crippen molar-refractivity contribution in [1.82, 2.24) is 24.6 Å². The van der Waals surface area contributed by atoms with Gasteiger partial charge in [-0.2, -0.15) is 9.78 Å². The summed E-state index contributed by atoms with van der Waals surface area (Å²) in [6.07, 6.45) is 3.12. The summed E-state index contributed by atoms with van der Waals surface area (Å²) in [6, 6.07) is 16.6. The molecule has 1 aliphatic heterocycles. The van der Waals surface area contributed by atoms with Gasteiger partial charge in [0.25, 0.3) is 11.5 Å². The lowest BCUT2D eigenvalue weighted by Gasteiger charge is -2.36. The first-order valence-corrected chi connectivity index (χ1v) is 10.6. The lowest BCUT2D eigenvalue weighted by atomic mass is 10.2. The van der Waals surface area contributed by atoms with E-state index in [-0.39, 0.29) is 16.5 Å². The normalized spacial score (nSPS) is 14.0. The topological polar surface area (TPSA) is 84.2 Å². The Balaban J connectivity index is 1.31. The molecule has 1 fully saturated rings. The average Bonchev–Trinajstić information content (AvgIpc) is 2.85. The highest BCUT2D eigenvalue weighted by molar-refractivity contribution is 6.33. The van der Waals surface area contributed by atoms with Crippen molar-refractivity contribution in [2.45, 2.75) is 0 Å². The second-order valence-electron chi connectivity index (χ2n) is 7.42. The predicted octanol–water partition coefficient (Wildman–Crippen LogP) is 2.79. The molecule has 160 valence electrons. The Hall–Kier alpha value is -3.78. The molecule has 32 heavy (non-hydrogen) atoms. The van der Waals surface area contributed by atoms with E-state index in [1.807, 2.05) is 47.4 Å². The molecule has 0 N–H and O–H groups in total. The summed E-state index contributed by atoms with van der Waals surface area (Å²) in [5.41, 5.74) is 2.61. The molecule has 5 rings (SSSR count). The third-order valence-corrected chi connectivity index (χ3v) is 5.83. The van der Waals surface area contributed by atoms with Gasteiger partial charge in [0.05, 0.1) is 34.8 Å². The van der Waals surface area contributed by atoms with Crippen LogP contribution in [0.1, 0.15) is 10.5 Å². The van der Waals surface area contributed by atoms with Gasteiger partial charge in [0.2, 0.25) is 0 Å². The highest BCUT2D eigenvalue weighted by Crippen LogP contribution is 2.23. The molecule has 0 unspecified atom stereocenters. The van der Waals surface area contributed by atoms with Crippen molar-refractivity contribution in [3.63, 3.8) is 0 Å². The molecule has 0 saturated carbocycles. The third kappa shape index (κ3) is 3.69. The largest absolute Gasteiger partial charge is 0.365 e. The fourth-order valence-corrected chi connectivity index (χ4v) is 4.02. The molecule has 0 bridgehead atoms. The summed E-state index contributed by atoms with van der Waals surface area (Å²) < 4.78 is 1.28. The quantitative estimate of drug-likeness (QED) is 0.481. The number of hydrogen-bond donors (Lipinski definition) is 0. The van der Waals surface area contributed by atoms with Crippen molar-refractivity contribution in [1.29, 1.82) is 0 Å². The van der Waals surface area contributed by atoms with Crippen LogP contribution in [0.5, 0.6) is 0 Å². The van der Waals surface area contributed by atoms with Crippen molar-refractivity contribution >= 4 is 34.2 Å². The van der Waals surface area contributed by atoms with E-state index in [1.54, 1.807) is 23.2 Å². The van der Waals surface area contributed by atoms with Gasteiger partial charge in [0.1, 0.15) is 10.7 Å². The van der Waals surface area contributed by atoms with E-state index in [0.29, 0.717) is 48.8 Å². The Morgan fingerprint density at radius 1 is 0.875 bits per heavy atom.